The fourth-order valence-corrected chi connectivity index (χ4v) is 5.34. The highest BCUT2D eigenvalue weighted by molar-refractivity contribution is 9.10. The average Bonchev–Trinajstić information content (AvgIpc) is 3.41. The van der Waals surface area contributed by atoms with Crippen molar-refractivity contribution >= 4 is 44.7 Å². The Kier molecular flexibility index (Phi) is 10.2. The fourth-order valence-electron chi connectivity index (χ4n) is 4.64. The summed E-state index contributed by atoms with van der Waals surface area (Å²) in [4.78, 5) is 19.5. The second-order valence-electron chi connectivity index (χ2n) is 10.8. The Labute approximate surface area is 267 Å². The molecule has 1 aromatic heterocycles. The standard InChI is InChI=1S/C32H30BrF3N6OS/c1-31(2,28(43)15-26-17-39-20-41(26)18-22-12-10-21(16-37)11-13-22)29(38)42(30(44)40-25-8-5-7-24(33)14-25)19-23-6-3-4-9-27(23)32(34,35)36/h3-14,17,20,29H,15,18-19,38H2,1-2H3,(H,40,44). The second kappa shape index (κ2) is 13.7. The van der Waals surface area contributed by atoms with Gasteiger partial charge in [-0.2, -0.15) is 18.4 Å². The first-order valence-electron chi connectivity index (χ1n) is 13.5. The van der Waals surface area contributed by atoms with E-state index >= 15 is 0 Å². The highest BCUT2D eigenvalue weighted by atomic mass is 79.9. The molecule has 0 amide bonds. The number of nitrogens with one attached hydrogen (secondary N) is 1. The van der Waals surface area contributed by atoms with Crippen LogP contribution in [0.15, 0.2) is 89.8 Å². The van der Waals surface area contributed by atoms with Crippen LogP contribution < -0.4 is 11.1 Å². The number of rotatable bonds is 10. The van der Waals surface area contributed by atoms with Crippen LogP contribution in [0.2, 0.25) is 0 Å². The number of nitriles is 1. The molecule has 0 saturated heterocycles. The van der Waals surface area contributed by atoms with Gasteiger partial charge in [0.25, 0.3) is 0 Å². The number of benzene rings is 3. The van der Waals surface area contributed by atoms with Crippen molar-refractivity contribution in [2.24, 2.45) is 11.1 Å². The minimum absolute atomic E-state index is 0.0181. The van der Waals surface area contributed by atoms with Gasteiger partial charge in [-0.15, -0.1) is 0 Å². The average molecular weight is 684 g/mol. The summed E-state index contributed by atoms with van der Waals surface area (Å²) in [6.07, 6.45) is -2.50. The molecule has 4 aromatic rings. The third kappa shape index (κ3) is 7.91. The fraction of sp³-hybridized carbons (Fsp3) is 0.250. The maximum Gasteiger partial charge on any atom is 0.416 e. The predicted molar refractivity (Wildman–Crippen MR) is 170 cm³/mol. The summed E-state index contributed by atoms with van der Waals surface area (Å²) in [6.45, 7) is 3.46. The Morgan fingerprint density at radius 1 is 1.14 bits per heavy atom. The highest BCUT2D eigenvalue weighted by Gasteiger charge is 2.40. The number of Topliss-reactive ketones (excluding diaryl/α,β-unsaturated/α-hetero) is 1. The lowest BCUT2D eigenvalue weighted by atomic mass is 9.82. The summed E-state index contributed by atoms with van der Waals surface area (Å²) in [5.41, 5.74) is 7.36. The number of carbonyl (C=O) groups is 1. The molecule has 0 saturated carbocycles. The molecule has 0 aliphatic carbocycles. The van der Waals surface area contributed by atoms with E-state index in [0.29, 0.717) is 23.5 Å². The van der Waals surface area contributed by atoms with Gasteiger partial charge in [-0.3, -0.25) is 4.79 Å². The van der Waals surface area contributed by atoms with E-state index in [0.717, 1.165) is 16.1 Å². The van der Waals surface area contributed by atoms with Crippen molar-refractivity contribution in [1.29, 1.82) is 5.26 Å². The summed E-state index contributed by atoms with van der Waals surface area (Å²) in [6, 6.07) is 21.6. The number of carbonyl (C=O) groups excluding carboxylic acids is 1. The highest BCUT2D eigenvalue weighted by Crippen LogP contribution is 2.34. The largest absolute Gasteiger partial charge is 0.416 e. The van der Waals surface area contributed by atoms with Gasteiger partial charge in [-0.25, -0.2) is 4.98 Å². The van der Waals surface area contributed by atoms with Gasteiger partial charge in [0, 0.05) is 41.6 Å². The van der Waals surface area contributed by atoms with Gasteiger partial charge in [-0.05, 0) is 73.6 Å². The van der Waals surface area contributed by atoms with Crippen molar-refractivity contribution in [3.63, 3.8) is 0 Å². The molecule has 1 atom stereocenters. The summed E-state index contributed by atoms with van der Waals surface area (Å²) in [5.74, 6) is -0.244. The third-order valence-electron chi connectivity index (χ3n) is 7.37. The summed E-state index contributed by atoms with van der Waals surface area (Å²) in [5, 5.41) is 12.2. The van der Waals surface area contributed by atoms with E-state index in [4.69, 9.17) is 23.2 Å². The third-order valence-corrected chi connectivity index (χ3v) is 8.20. The molecule has 0 fully saturated rings. The lowest BCUT2D eigenvalue weighted by Gasteiger charge is -2.40. The zero-order valence-electron chi connectivity index (χ0n) is 24.0. The van der Waals surface area contributed by atoms with Crippen LogP contribution in [-0.2, 0) is 30.5 Å². The molecule has 44 heavy (non-hydrogen) atoms. The van der Waals surface area contributed by atoms with Crippen LogP contribution >= 0.6 is 28.1 Å². The molecule has 228 valence electrons. The number of hydrogen-bond donors (Lipinski definition) is 2. The molecule has 0 radical (unpaired) electrons. The minimum Gasteiger partial charge on any atom is -0.333 e. The minimum atomic E-state index is -4.59. The van der Waals surface area contributed by atoms with E-state index in [2.05, 4.69) is 32.3 Å². The van der Waals surface area contributed by atoms with Crippen molar-refractivity contribution < 1.29 is 18.0 Å². The van der Waals surface area contributed by atoms with Gasteiger partial charge in [0.15, 0.2) is 5.11 Å². The van der Waals surface area contributed by atoms with E-state index in [1.165, 1.54) is 23.1 Å². The first-order valence-corrected chi connectivity index (χ1v) is 14.7. The second-order valence-corrected chi connectivity index (χ2v) is 12.1. The number of halogens is 4. The molecule has 7 nitrogen and oxygen atoms in total. The van der Waals surface area contributed by atoms with E-state index in [-0.39, 0.29) is 29.4 Å². The number of alkyl halides is 3. The Morgan fingerprint density at radius 3 is 2.50 bits per heavy atom. The van der Waals surface area contributed by atoms with Crippen LogP contribution in [0.3, 0.4) is 0 Å². The van der Waals surface area contributed by atoms with Gasteiger partial charge in [-0.1, -0.05) is 52.3 Å². The lowest BCUT2D eigenvalue weighted by Crippen LogP contribution is -2.57. The predicted octanol–water partition coefficient (Wildman–Crippen LogP) is 6.91. The lowest BCUT2D eigenvalue weighted by molar-refractivity contribution is -0.138. The molecule has 0 bridgehead atoms. The summed E-state index contributed by atoms with van der Waals surface area (Å²) >= 11 is 9.09. The number of aromatic nitrogens is 2. The van der Waals surface area contributed by atoms with Crippen LogP contribution in [0.5, 0.6) is 0 Å². The SMILES string of the molecule is CC(C)(C(=O)Cc1cncn1Cc1ccc(C#N)cc1)C(N)N(Cc1ccccc1C(F)(F)F)C(=S)Nc1cccc(Br)c1. The van der Waals surface area contributed by atoms with Crippen LogP contribution in [-0.4, -0.2) is 31.5 Å². The maximum atomic E-state index is 13.9. The Morgan fingerprint density at radius 2 is 1.84 bits per heavy atom. The molecule has 1 heterocycles. The van der Waals surface area contributed by atoms with Gasteiger partial charge >= 0.3 is 6.18 Å². The molecule has 3 N–H and O–H groups in total. The molecule has 0 aliphatic heterocycles. The Bertz CT molecular complexity index is 1680. The number of ketones is 1. The van der Waals surface area contributed by atoms with E-state index in [9.17, 15) is 18.0 Å². The van der Waals surface area contributed by atoms with E-state index in [1.54, 1.807) is 56.7 Å². The van der Waals surface area contributed by atoms with Gasteiger partial charge in [0.1, 0.15) is 5.78 Å². The quantitative estimate of drug-likeness (QED) is 0.139. The Hall–Kier alpha value is -4.05. The van der Waals surface area contributed by atoms with Crippen LogP contribution in [0.4, 0.5) is 18.9 Å². The Balaban J connectivity index is 1.60. The first-order chi connectivity index (χ1) is 20.8. The summed E-state index contributed by atoms with van der Waals surface area (Å²) < 4.78 is 44.4. The monoisotopic (exact) mass is 682 g/mol. The summed E-state index contributed by atoms with van der Waals surface area (Å²) in [7, 11) is 0. The van der Waals surface area contributed by atoms with Crippen LogP contribution in [0.1, 0.15) is 41.8 Å². The number of imidazole rings is 1. The smallest absolute Gasteiger partial charge is 0.333 e. The molecule has 3 aromatic carbocycles. The number of anilines is 1. The molecular formula is C32H30BrF3N6OS. The van der Waals surface area contributed by atoms with Crippen molar-refractivity contribution in [2.75, 3.05) is 5.32 Å². The zero-order valence-corrected chi connectivity index (χ0v) is 26.4. The number of nitrogens with zero attached hydrogens (tertiary/aromatic N) is 4. The molecule has 0 aliphatic rings. The van der Waals surface area contributed by atoms with Crippen molar-refractivity contribution in [3.05, 3.63) is 118 Å². The van der Waals surface area contributed by atoms with Gasteiger partial charge in [0.2, 0.25) is 0 Å². The normalized spacial score (nSPS) is 12.3. The van der Waals surface area contributed by atoms with E-state index < -0.39 is 23.3 Å². The molecule has 4 rings (SSSR count). The molecule has 12 heteroatoms. The number of thiocarbonyl (C=S) groups is 1. The number of nitrogens with two attached hydrogens (primary N) is 1. The van der Waals surface area contributed by atoms with Gasteiger partial charge < -0.3 is 20.5 Å². The first kappa shape index (κ1) is 32.9. The number of hydrogen-bond acceptors (Lipinski definition) is 5. The van der Waals surface area contributed by atoms with Gasteiger partial charge in [0.05, 0.1) is 35.1 Å². The topological polar surface area (TPSA) is 100.0 Å². The van der Waals surface area contributed by atoms with E-state index in [1.807, 2.05) is 22.8 Å². The molecular weight excluding hydrogens is 653 g/mol. The maximum absolute atomic E-state index is 13.9. The van der Waals surface area contributed by atoms with Crippen molar-refractivity contribution in [3.8, 4) is 6.07 Å². The van der Waals surface area contributed by atoms with Crippen molar-refractivity contribution in [2.45, 2.75) is 45.7 Å². The zero-order chi connectivity index (χ0) is 32.1. The molecule has 1 unspecified atom stereocenters. The van der Waals surface area contributed by atoms with Crippen LogP contribution in [0.25, 0.3) is 0 Å². The molecule has 0 spiro atoms. The van der Waals surface area contributed by atoms with Crippen molar-refractivity contribution in [1.82, 2.24) is 14.5 Å². The van der Waals surface area contributed by atoms with Crippen LogP contribution in [0, 0.1) is 16.7 Å².